The van der Waals surface area contributed by atoms with Crippen molar-refractivity contribution in [3.63, 3.8) is 0 Å². The van der Waals surface area contributed by atoms with Crippen LogP contribution in [-0.4, -0.2) is 24.3 Å². The lowest BCUT2D eigenvalue weighted by atomic mass is 10.3. The summed E-state index contributed by atoms with van der Waals surface area (Å²) in [6.07, 6.45) is 7.14. The first-order chi connectivity index (χ1) is 14.2. The minimum absolute atomic E-state index is 0.128. The summed E-state index contributed by atoms with van der Waals surface area (Å²) in [6.45, 7) is 2.39. The number of hydrogen-bond donors (Lipinski definition) is 1. The standard InChI is InChI=1S/C22H20N6O/c1-2-3-4-5-14-27-20(29)12-7-17-16-23-22(26-21(17)27)25-18-8-10-19(11-9-18)28-15-6-13-24-28/h6-13,15-16H,2-3,14H2,1H3,(H,23,25,26). The molecule has 0 unspecified atom stereocenters. The predicted octanol–water partition coefficient (Wildman–Crippen LogP) is 3.52. The van der Waals surface area contributed by atoms with E-state index in [4.69, 9.17) is 0 Å². The normalized spacial score (nSPS) is 10.5. The van der Waals surface area contributed by atoms with Crippen LogP contribution >= 0.6 is 0 Å². The maximum absolute atomic E-state index is 12.3. The highest BCUT2D eigenvalue weighted by atomic mass is 16.1. The van der Waals surface area contributed by atoms with Crippen molar-refractivity contribution in [2.24, 2.45) is 0 Å². The lowest BCUT2D eigenvalue weighted by Crippen LogP contribution is -2.20. The van der Waals surface area contributed by atoms with Crippen molar-refractivity contribution in [1.29, 1.82) is 0 Å². The van der Waals surface area contributed by atoms with E-state index in [9.17, 15) is 4.79 Å². The second-order valence-corrected chi connectivity index (χ2v) is 6.46. The Balaban J connectivity index is 1.61. The molecule has 0 saturated heterocycles. The predicted molar refractivity (Wildman–Crippen MR) is 113 cm³/mol. The summed E-state index contributed by atoms with van der Waals surface area (Å²) >= 11 is 0. The molecule has 0 fully saturated rings. The molecule has 7 heteroatoms. The molecule has 0 spiro atoms. The monoisotopic (exact) mass is 384 g/mol. The average Bonchev–Trinajstić information content (AvgIpc) is 3.28. The first-order valence-electron chi connectivity index (χ1n) is 9.44. The first-order valence-corrected chi connectivity index (χ1v) is 9.44. The Morgan fingerprint density at radius 2 is 1.97 bits per heavy atom. The van der Waals surface area contributed by atoms with Gasteiger partial charge in [0.1, 0.15) is 5.65 Å². The van der Waals surface area contributed by atoms with E-state index in [1.54, 1.807) is 27.7 Å². The van der Waals surface area contributed by atoms with Crippen LogP contribution < -0.4 is 10.9 Å². The molecule has 0 atom stereocenters. The fraction of sp³-hybridized carbons (Fsp3) is 0.182. The molecule has 144 valence electrons. The molecule has 0 saturated carbocycles. The highest BCUT2D eigenvalue weighted by molar-refractivity contribution is 5.75. The van der Waals surface area contributed by atoms with Gasteiger partial charge >= 0.3 is 0 Å². The van der Waals surface area contributed by atoms with E-state index >= 15 is 0 Å². The van der Waals surface area contributed by atoms with Crippen molar-refractivity contribution < 1.29 is 0 Å². The minimum atomic E-state index is -0.128. The minimum Gasteiger partial charge on any atom is -0.324 e. The molecule has 4 rings (SSSR count). The molecule has 0 amide bonds. The fourth-order valence-electron chi connectivity index (χ4n) is 2.88. The van der Waals surface area contributed by atoms with Crippen molar-refractivity contribution in [1.82, 2.24) is 24.3 Å². The van der Waals surface area contributed by atoms with Crippen LogP contribution in [0.1, 0.15) is 19.8 Å². The van der Waals surface area contributed by atoms with Gasteiger partial charge in [0.15, 0.2) is 0 Å². The molecular weight excluding hydrogens is 364 g/mol. The van der Waals surface area contributed by atoms with Crippen LogP contribution in [0.4, 0.5) is 11.6 Å². The number of pyridine rings is 1. The van der Waals surface area contributed by atoms with E-state index in [0.717, 1.165) is 29.6 Å². The van der Waals surface area contributed by atoms with Gasteiger partial charge in [-0.25, -0.2) is 9.67 Å². The van der Waals surface area contributed by atoms with Gasteiger partial charge in [-0.05, 0) is 42.8 Å². The highest BCUT2D eigenvalue weighted by Crippen LogP contribution is 2.17. The Hall–Kier alpha value is -3.92. The lowest BCUT2D eigenvalue weighted by Gasteiger charge is -2.09. The van der Waals surface area contributed by atoms with E-state index < -0.39 is 0 Å². The van der Waals surface area contributed by atoms with Gasteiger partial charge in [-0.15, -0.1) is 5.92 Å². The second kappa shape index (κ2) is 8.40. The van der Waals surface area contributed by atoms with Gasteiger partial charge in [0, 0.05) is 42.2 Å². The van der Waals surface area contributed by atoms with E-state index in [2.05, 4.69) is 39.1 Å². The van der Waals surface area contributed by atoms with Crippen LogP contribution in [0.3, 0.4) is 0 Å². The molecule has 1 N–H and O–H groups in total. The summed E-state index contributed by atoms with van der Waals surface area (Å²) in [5, 5.41) is 8.20. The van der Waals surface area contributed by atoms with Crippen LogP contribution in [-0.2, 0) is 6.54 Å². The lowest BCUT2D eigenvalue weighted by molar-refractivity contribution is 0.818. The molecule has 3 heterocycles. The number of benzene rings is 1. The van der Waals surface area contributed by atoms with Crippen molar-refractivity contribution >= 4 is 22.7 Å². The Morgan fingerprint density at radius 1 is 1.10 bits per heavy atom. The number of rotatable bonds is 5. The van der Waals surface area contributed by atoms with Gasteiger partial charge < -0.3 is 5.32 Å². The van der Waals surface area contributed by atoms with E-state index in [-0.39, 0.29) is 5.56 Å². The molecule has 3 aromatic heterocycles. The number of aromatic nitrogens is 5. The van der Waals surface area contributed by atoms with Gasteiger partial charge in [-0.1, -0.05) is 12.8 Å². The summed E-state index contributed by atoms with van der Waals surface area (Å²) in [7, 11) is 0. The molecular formula is C22H20N6O. The molecule has 0 aliphatic carbocycles. The van der Waals surface area contributed by atoms with E-state index in [1.165, 1.54) is 6.07 Å². The highest BCUT2D eigenvalue weighted by Gasteiger charge is 2.07. The number of nitrogens with one attached hydrogen (secondary N) is 1. The van der Waals surface area contributed by atoms with Crippen LogP contribution in [0.5, 0.6) is 0 Å². The molecule has 0 bridgehead atoms. The summed E-state index contributed by atoms with van der Waals surface area (Å²) < 4.78 is 3.36. The summed E-state index contributed by atoms with van der Waals surface area (Å²) in [4.78, 5) is 21.2. The largest absolute Gasteiger partial charge is 0.324 e. The van der Waals surface area contributed by atoms with Gasteiger partial charge in [-0.2, -0.15) is 10.1 Å². The SMILES string of the molecule is CCCC#CCn1c(=O)ccc2cnc(Nc3ccc(-n4cccn4)cc3)nc21. The number of hydrogen-bond acceptors (Lipinski definition) is 5. The average molecular weight is 384 g/mol. The zero-order valence-electron chi connectivity index (χ0n) is 16.0. The summed E-state index contributed by atoms with van der Waals surface area (Å²) in [5.74, 6) is 6.54. The van der Waals surface area contributed by atoms with Crippen molar-refractivity contribution in [2.75, 3.05) is 5.32 Å². The quantitative estimate of drug-likeness (QED) is 0.533. The zero-order valence-corrected chi connectivity index (χ0v) is 16.0. The number of nitrogens with zero attached hydrogens (tertiary/aromatic N) is 5. The Bertz CT molecular complexity index is 1230. The maximum atomic E-state index is 12.3. The van der Waals surface area contributed by atoms with Gasteiger partial charge in [0.05, 0.1) is 12.2 Å². The summed E-state index contributed by atoms with van der Waals surface area (Å²) in [6, 6.07) is 12.9. The van der Waals surface area contributed by atoms with Crippen molar-refractivity contribution in [3.8, 4) is 17.5 Å². The van der Waals surface area contributed by atoms with Gasteiger partial charge in [-0.3, -0.25) is 9.36 Å². The van der Waals surface area contributed by atoms with Crippen molar-refractivity contribution in [2.45, 2.75) is 26.3 Å². The number of anilines is 2. The second-order valence-electron chi connectivity index (χ2n) is 6.46. The molecule has 4 aromatic rings. The van der Waals surface area contributed by atoms with E-state index in [1.807, 2.05) is 36.5 Å². The van der Waals surface area contributed by atoms with Crippen molar-refractivity contribution in [3.05, 3.63) is 71.4 Å². The fourth-order valence-corrected chi connectivity index (χ4v) is 2.88. The third-order valence-electron chi connectivity index (χ3n) is 4.35. The van der Waals surface area contributed by atoms with Crippen LogP contribution in [0, 0.1) is 11.8 Å². The Morgan fingerprint density at radius 3 is 2.72 bits per heavy atom. The zero-order chi connectivity index (χ0) is 20.1. The van der Waals surface area contributed by atoms with Crippen LogP contribution in [0.2, 0.25) is 0 Å². The van der Waals surface area contributed by atoms with Crippen LogP contribution in [0.15, 0.2) is 65.8 Å². The molecule has 0 aliphatic rings. The molecule has 1 aromatic carbocycles. The Kier molecular flexibility index (Phi) is 5.34. The van der Waals surface area contributed by atoms with E-state index in [0.29, 0.717) is 18.1 Å². The smallest absolute Gasteiger partial charge is 0.253 e. The van der Waals surface area contributed by atoms with Gasteiger partial charge in [0.25, 0.3) is 5.56 Å². The molecule has 0 aliphatic heterocycles. The molecule has 7 nitrogen and oxygen atoms in total. The first kappa shape index (κ1) is 18.4. The molecule has 0 radical (unpaired) electrons. The number of unbranched alkanes of at least 4 members (excludes halogenated alkanes) is 1. The van der Waals surface area contributed by atoms with Crippen LogP contribution in [0.25, 0.3) is 16.7 Å². The summed E-state index contributed by atoms with van der Waals surface area (Å²) in [5.41, 5.74) is 2.23. The number of fused-ring (bicyclic) bond motifs is 1. The third kappa shape index (κ3) is 4.17. The molecule has 29 heavy (non-hydrogen) atoms. The third-order valence-corrected chi connectivity index (χ3v) is 4.35. The van der Waals surface area contributed by atoms with Gasteiger partial charge in [0.2, 0.25) is 5.95 Å². The topological polar surface area (TPSA) is 77.6 Å². The maximum Gasteiger partial charge on any atom is 0.253 e. The Labute approximate surface area is 168 Å².